The van der Waals surface area contributed by atoms with Gasteiger partial charge in [-0.05, 0) is 59.5 Å². The molecule has 1 aromatic heterocycles. The van der Waals surface area contributed by atoms with E-state index >= 15 is 0 Å². The van der Waals surface area contributed by atoms with E-state index in [-0.39, 0.29) is 0 Å². The Morgan fingerprint density at radius 3 is 2.59 bits per heavy atom. The second-order valence-electron chi connectivity index (χ2n) is 6.79. The van der Waals surface area contributed by atoms with Gasteiger partial charge in [0.15, 0.2) is 0 Å². The molecule has 0 unspecified atom stereocenters. The molecule has 0 spiro atoms. The second-order valence-corrected chi connectivity index (χ2v) is 6.79. The van der Waals surface area contributed by atoms with Crippen molar-refractivity contribution in [3.05, 3.63) is 17.0 Å². The number of hydrogen-bond donors (Lipinski definition) is 0. The van der Waals surface area contributed by atoms with Crippen LogP contribution >= 0.6 is 0 Å². The summed E-state index contributed by atoms with van der Waals surface area (Å²) < 4.78 is 5.19. The third-order valence-corrected chi connectivity index (χ3v) is 5.41. The topological polar surface area (TPSA) is 49.6 Å². The summed E-state index contributed by atoms with van der Waals surface area (Å²) in [7, 11) is 2.20. The van der Waals surface area contributed by atoms with Crippen molar-refractivity contribution in [3.63, 3.8) is 0 Å². The molecule has 1 amide bonds. The lowest BCUT2D eigenvalue weighted by Gasteiger charge is -2.33. The molecule has 2 atom stereocenters. The molecule has 2 saturated heterocycles. The van der Waals surface area contributed by atoms with Gasteiger partial charge in [0.05, 0.1) is 5.69 Å². The maximum absolute atomic E-state index is 12.7. The molecule has 0 N–H and O–H groups in total. The smallest absolute Gasteiger partial charge is 0.223 e. The van der Waals surface area contributed by atoms with Crippen LogP contribution in [0.25, 0.3) is 0 Å². The highest BCUT2D eigenvalue weighted by atomic mass is 16.5. The highest BCUT2D eigenvalue weighted by molar-refractivity contribution is 5.77. The van der Waals surface area contributed by atoms with Gasteiger partial charge < -0.3 is 14.3 Å². The van der Waals surface area contributed by atoms with E-state index in [1.807, 2.05) is 13.8 Å². The number of aromatic nitrogens is 1. The summed E-state index contributed by atoms with van der Waals surface area (Å²) in [5.41, 5.74) is 2.01. The van der Waals surface area contributed by atoms with Crippen molar-refractivity contribution in [2.24, 2.45) is 0 Å². The predicted molar refractivity (Wildman–Crippen MR) is 84.7 cm³/mol. The Balaban J connectivity index is 1.61. The summed E-state index contributed by atoms with van der Waals surface area (Å²) in [6, 6.07) is 0.982. The van der Waals surface area contributed by atoms with Gasteiger partial charge >= 0.3 is 0 Å². The average Bonchev–Trinajstić information content (AvgIpc) is 3.18. The number of likely N-dealkylation sites (N-methyl/N-ethyl adjacent to an activating group) is 1. The first-order valence-electron chi connectivity index (χ1n) is 8.49. The Kier molecular flexibility index (Phi) is 4.52. The molecule has 5 heteroatoms. The van der Waals surface area contributed by atoms with E-state index in [4.69, 9.17) is 4.52 Å². The second kappa shape index (κ2) is 6.41. The summed E-state index contributed by atoms with van der Waals surface area (Å²) >= 11 is 0. The van der Waals surface area contributed by atoms with Crippen LogP contribution in [0.4, 0.5) is 0 Å². The quantitative estimate of drug-likeness (QED) is 0.856. The van der Waals surface area contributed by atoms with Gasteiger partial charge in [0.1, 0.15) is 5.76 Å². The van der Waals surface area contributed by atoms with Gasteiger partial charge in [-0.15, -0.1) is 0 Å². The minimum atomic E-state index is 0.294. The van der Waals surface area contributed by atoms with Gasteiger partial charge in [-0.3, -0.25) is 4.79 Å². The summed E-state index contributed by atoms with van der Waals surface area (Å²) in [5, 5.41) is 3.97. The van der Waals surface area contributed by atoms with E-state index in [1.54, 1.807) is 0 Å². The van der Waals surface area contributed by atoms with Crippen LogP contribution in [0.15, 0.2) is 4.52 Å². The molecule has 2 aliphatic heterocycles. The fraction of sp³-hybridized carbons (Fsp3) is 0.765. The standard InChI is InChI=1S/C17H27N3O2/c1-12-14(13(2)22-18-12)8-9-17(21)20-11-5-7-16(20)15-6-4-10-19(15)3/h15-16H,4-11H2,1-3H3/t15-,16-/m1/s1. The number of carbonyl (C=O) groups excluding carboxylic acids is 1. The molecule has 1 aromatic rings. The highest BCUT2D eigenvalue weighted by Crippen LogP contribution is 2.29. The van der Waals surface area contributed by atoms with Crippen molar-refractivity contribution in [1.82, 2.24) is 15.0 Å². The Morgan fingerprint density at radius 2 is 1.95 bits per heavy atom. The van der Waals surface area contributed by atoms with Crippen molar-refractivity contribution >= 4 is 5.91 Å². The van der Waals surface area contributed by atoms with Crippen LogP contribution in [0, 0.1) is 13.8 Å². The van der Waals surface area contributed by atoms with Crippen LogP contribution < -0.4 is 0 Å². The van der Waals surface area contributed by atoms with E-state index in [1.165, 1.54) is 19.4 Å². The van der Waals surface area contributed by atoms with Crippen LogP contribution in [-0.2, 0) is 11.2 Å². The van der Waals surface area contributed by atoms with Crippen molar-refractivity contribution in [1.29, 1.82) is 0 Å². The van der Waals surface area contributed by atoms with Crippen molar-refractivity contribution < 1.29 is 9.32 Å². The lowest BCUT2D eigenvalue weighted by atomic mass is 10.0. The highest BCUT2D eigenvalue weighted by Gasteiger charge is 2.38. The van der Waals surface area contributed by atoms with Crippen LogP contribution in [0.5, 0.6) is 0 Å². The monoisotopic (exact) mass is 305 g/mol. The number of carbonyl (C=O) groups is 1. The van der Waals surface area contributed by atoms with Gasteiger partial charge in [0.25, 0.3) is 0 Å². The average molecular weight is 305 g/mol. The van der Waals surface area contributed by atoms with Gasteiger partial charge in [-0.1, -0.05) is 5.16 Å². The van der Waals surface area contributed by atoms with Crippen LogP contribution in [0.2, 0.25) is 0 Å². The molecule has 2 aliphatic rings. The summed E-state index contributed by atoms with van der Waals surface area (Å²) in [4.78, 5) is 17.3. The lowest BCUT2D eigenvalue weighted by Crippen LogP contribution is -2.47. The fourth-order valence-corrected chi connectivity index (χ4v) is 4.16. The maximum atomic E-state index is 12.7. The Bertz CT molecular complexity index is 521. The first kappa shape index (κ1) is 15.5. The van der Waals surface area contributed by atoms with Crippen LogP contribution in [0.1, 0.15) is 49.1 Å². The molecule has 3 heterocycles. The molecule has 122 valence electrons. The summed E-state index contributed by atoms with van der Waals surface area (Å²) in [5.74, 6) is 1.14. The zero-order chi connectivity index (χ0) is 15.7. The van der Waals surface area contributed by atoms with Crippen LogP contribution in [-0.4, -0.2) is 53.1 Å². The first-order valence-corrected chi connectivity index (χ1v) is 8.49. The molecular weight excluding hydrogens is 278 g/mol. The Morgan fingerprint density at radius 1 is 1.23 bits per heavy atom. The van der Waals surface area contributed by atoms with Crippen molar-refractivity contribution in [3.8, 4) is 0 Å². The molecule has 0 aliphatic carbocycles. The van der Waals surface area contributed by atoms with Gasteiger partial charge in [0.2, 0.25) is 5.91 Å². The van der Waals surface area contributed by atoms with Crippen molar-refractivity contribution in [2.45, 2.75) is 64.5 Å². The minimum absolute atomic E-state index is 0.294. The molecule has 3 rings (SSSR count). The van der Waals surface area contributed by atoms with E-state index < -0.39 is 0 Å². The molecular formula is C17H27N3O2. The summed E-state index contributed by atoms with van der Waals surface area (Å²) in [6.07, 6.45) is 6.10. The van der Waals surface area contributed by atoms with E-state index in [0.29, 0.717) is 24.4 Å². The molecule has 5 nitrogen and oxygen atoms in total. The number of hydrogen-bond acceptors (Lipinski definition) is 4. The minimum Gasteiger partial charge on any atom is -0.361 e. The molecule has 0 radical (unpaired) electrons. The van der Waals surface area contributed by atoms with Gasteiger partial charge in [0, 0.05) is 30.6 Å². The number of nitrogens with zero attached hydrogens (tertiary/aromatic N) is 3. The van der Waals surface area contributed by atoms with E-state index in [0.717, 1.165) is 42.8 Å². The normalized spacial score (nSPS) is 26.0. The third kappa shape index (κ3) is 2.91. The maximum Gasteiger partial charge on any atom is 0.223 e. The van der Waals surface area contributed by atoms with E-state index in [2.05, 4.69) is 22.0 Å². The molecule has 0 bridgehead atoms. The molecule has 2 fully saturated rings. The lowest BCUT2D eigenvalue weighted by molar-refractivity contribution is -0.132. The fourth-order valence-electron chi connectivity index (χ4n) is 4.16. The summed E-state index contributed by atoms with van der Waals surface area (Å²) in [6.45, 7) is 5.96. The number of aryl methyl sites for hydroxylation is 2. The number of rotatable bonds is 4. The van der Waals surface area contributed by atoms with Gasteiger partial charge in [-0.2, -0.15) is 0 Å². The molecule has 0 aromatic carbocycles. The zero-order valence-corrected chi connectivity index (χ0v) is 14.0. The molecule has 0 saturated carbocycles. The SMILES string of the molecule is Cc1noc(C)c1CCC(=O)N1CCC[C@@H]1[C@H]1CCCN1C. The first-order chi connectivity index (χ1) is 10.6. The molecule has 22 heavy (non-hydrogen) atoms. The van der Waals surface area contributed by atoms with Gasteiger partial charge in [-0.25, -0.2) is 0 Å². The van der Waals surface area contributed by atoms with Crippen LogP contribution in [0.3, 0.4) is 0 Å². The Hall–Kier alpha value is -1.36. The van der Waals surface area contributed by atoms with E-state index in [9.17, 15) is 4.79 Å². The Labute approximate surface area is 132 Å². The zero-order valence-electron chi connectivity index (χ0n) is 14.0. The third-order valence-electron chi connectivity index (χ3n) is 5.41. The number of amides is 1. The van der Waals surface area contributed by atoms with Crippen molar-refractivity contribution in [2.75, 3.05) is 20.1 Å². The predicted octanol–water partition coefficient (Wildman–Crippen LogP) is 2.31. The largest absolute Gasteiger partial charge is 0.361 e. The number of likely N-dealkylation sites (tertiary alicyclic amines) is 2.